The summed E-state index contributed by atoms with van der Waals surface area (Å²) in [5, 5.41) is 0. The van der Waals surface area contributed by atoms with Gasteiger partial charge >= 0.3 is 12.0 Å². The van der Waals surface area contributed by atoms with Gasteiger partial charge in [0.15, 0.2) is 6.04 Å². The molecule has 1 saturated carbocycles. The number of hydrogen-bond donors (Lipinski definition) is 0. The summed E-state index contributed by atoms with van der Waals surface area (Å²) in [4.78, 5) is 28.8. The van der Waals surface area contributed by atoms with Crippen LogP contribution in [-0.2, 0) is 19.6 Å². The van der Waals surface area contributed by atoms with Gasteiger partial charge in [0, 0.05) is 0 Å². The number of sulfonamides is 1. The summed E-state index contributed by atoms with van der Waals surface area (Å²) in [6.07, 6.45) is 2.48. The Kier molecular flexibility index (Phi) is 7.97. The number of carbonyl (C=O) groups excluding carboxylic acids is 2. The summed E-state index contributed by atoms with van der Waals surface area (Å²) in [5.41, 5.74) is 1.76. The second-order valence-corrected chi connectivity index (χ2v) is 12.8. The Morgan fingerprint density at radius 1 is 1.00 bits per heavy atom. The van der Waals surface area contributed by atoms with E-state index in [1.807, 2.05) is 44.2 Å². The van der Waals surface area contributed by atoms with Crippen LogP contribution in [0.2, 0.25) is 0 Å². The lowest BCUT2D eigenvalue weighted by molar-refractivity contribution is -0.159. The molecule has 0 bridgehead atoms. The molecule has 4 rings (SSSR count). The maximum Gasteiger partial charge on any atom is 0.335 e. The van der Waals surface area contributed by atoms with Crippen LogP contribution in [0.1, 0.15) is 64.1 Å². The zero-order valence-corrected chi connectivity index (χ0v) is 23.1. The van der Waals surface area contributed by atoms with Gasteiger partial charge in [-0.3, -0.25) is 0 Å². The molecule has 2 amide bonds. The Morgan fingerprint density at radius 2 is 1.65 bits per heavy atom. The van der Waals surface area contributed by atoms with Crippen LogP contribution < -0.4 is 0 Å². The number of esters is 1. The van der Waals surface area contributed by atoms with Gasteiger partial charge in [0.2, 0.25) is 0 Å². The third-order valence-corrected chi connectivity index (χ3v) is 9.71. The highest BCUT2D eigenvalue weighted by molar-refractivity contribution is 7.89. The van der Waals surface area contributed by atoms with Crippen molar-refractivity contribution in [3.63, 3.8) is 0 Å². The van der Waals surface area contributed by atoms with E-state index >= 15 is 0 Å². The highest BCUT2D eigenvalue weighted by Gasteiger charge is 2.51. The Bertz CT molecular complexity index is 1210. The SMILES string of the molecule is Cc1ccc(S(=O)(=O)N2C(=O)N([C@H](C)c3ccccc3)C[C@@H]2C(=O)OC2CC(C)CCC2C(C)C)cc1. The van der Waals surface area contributed by atoms with Gasteiger partial charge in [0.1, 0.15) is 6.10 Å². The van der Waals surface area contributed by atoms with Crippen LogP contribution in [0.4, 0.5) is 4.79 Å². The van der Waals surface area contributed by atoms with E-state index in [2.05, 4.69) is 20.8 Å². The number of nitrogens with zero attached hydrogens (tertiary/aromatic N) is 2. The number of hydrogen-bond acceptors (Lipinski definition) is 5. The van der Waals surface area contributed by atoms with Gasteiger partial charge in [-0.25, -0.2) is 22.3 Å². The van der Waals surface area contributed by atoms with E-state index in [1.54, 1.807) is 12.1 Å². The first-order chi connectivity index (χ1) is 17.5. The maximum atomic E-state index is 13.8. The lowest BCUT2D eigenvalue weighted by atomic mass is 9.75. The predicted molar refractivity (Wildman–Crippen MR) is 142 cm³/mol. The van der Waals surface area contributed by atoms with Crippen molar-refractivity contribution >= 4 is 22.0 Å². The molecule has 1 heterocycles. The lowest BCUT2D eigenvalue weighted by Crippen LogP contribution is -2.47. The third-order valence-electron chi connectivity index (χ3n) is 7.92. The Morgan fingerprint density at radius 3 is 2.27 bits per heavy atom. The second kappa shape index (κ2) is 10.9. The first-order valence-corrected chi connectivity index (χ1v) is 14.6. The molecule has 5 atom stereocenters. The van der Waals surface area contributed by atoms with E-state index in [0.717, 1.165) is 34.7 Å². The molecule has 1 saturated heterocycles. The molecule has 8 heteroatoms. The van der Waals surface area contributed by atoms with Crippen molar-refractivity contribution in [2.75, 3.05) is 6.54 Å². The molecule has 3 unspecified atom stereocenters. The Hall–Kier alpha value is -2.87. The first-order valence-electron chi connectivity index (χ1n) is 13.2. The molecule has 2 aromatic carbocycles. The lowest BCUT2D eigenvalue weighted by Gasteiger charge is -2.37. The highest BCUT2D eigenvalue weighted by Crippen LogP contribution is 2.37. The normalized spacial score (nSPS) is 25.4. The average Bonchev–Trinajstić information content (AvgIpc) is 3.22. The van der Waals surface area contributed by atoms with Crippen LogP contribution in [-0.4, -0.2) is 48.3 Å². The minimum Gasteiger partial charge on any atom is -0.460 e. The highest BCUT2D eigenvalue weighted by atomic mass is 32.2. The molecule has 1 aliphatic carbocycles. The van der Waals surface area contributed by atoms with Gasteiger partial charge in [-0.2, -0.15) is 0 Å². The topological polar surface area (TPSA) is 84.0 Å². The van der Waals surface area contributed by atoms with Crippen molar-refractivity contribution in [3.8, 4) is 0 Å². The fourth-order valence-corrected chi connectivity index (χ4v) is 7.08. The number of benzene rings is 2. The van der Waals surface area contributed by atoms with Gasteiger partial charge in [-0.1, -0.05) is 75.2 Å². The molecule has 0 N–H and O–H groups in total. The van der Waals surface area contributed by atoms with Crippen molar-refractivity contribution in [2.45, 2.75) is 77.0 Å². The fourth-order valence-electron chi connectivity index (χ4n) is 5.58. The molecule has 37 heavy (non-hydrogen) atoms. The molecule has 200 valence electrons. The standard InChI is InChI=1S/C29H38N2O5S/c1-19(2)25-16-13-21(4)17-27(25)36-28(32)26-18-30(22(5)23-9-7-6-8-10-23)29(33)31(26)37(34,35)24-14-11-20(3)12-15-24/h6-12,14-15,19,21-22,25-27H,13,16-18H2,1-5H3/t21?,22-,25?,26-,27?/m1/s1. The minimum absolute atomic E-state index is 0.0233. The van der Waals surface area contributed by atoms with E-state index < -0.39 is 34.1 Å². The van der Waals surface area contributed by atoms with Crippen LogP contribution >= 0.6 is 0 Å². The first kappa shape index (κ1) is 27.2. The monoisotopic (exact) mass is 526 g/mol. The van der Waals surface area contributed by atoms with E-state index in [1.165, 1.54) is 17.0 Å². The van der Waals surface area contributed by atoms with Crippen molar-refractivity contribution < 1.29 is 22.7 Å². The summed E-state index contributed by atoms with van der Waals surface area (Å²) in [7, 11) is -4.29. The molecule has 2 aromatic rings. The number of rotatable bonds is 7. The van der Waals surface area contributed by atoms with Crippen molar-refractivity contribution in [2.24, 2.45) is 17.8 Å². The van der Waals surface area contributed by atoms with Gasteiger partial charge in [0.05, 0.1) is 17.5 Å². The number of carbonyl (C=O) groups is 2. The van der Waals surface area contributed by atoms with Crippen molar-refractivity contribution in [3.05, 3.63) is 65.7 Å². The number of amides is 2. The summed E-state index contributed by atoms with van der Waals surface area (Å²) < 4.78 is 34.3. The molecular formula is C29H38N2O5S. The van der Waals surface area contributed by atoms with Crippen LogP contribution in [0.3, 0.4) is 0 Å². The molecule has 1 aliphatic heterocycles. The second-order valence-electron chi connectivity index (χ2n) is 11.0. The molecule has 2 fully saturated rings. The van der Waals surface area contributed by atoms with Crippen LogP contribution in [0.5, 0.6) is 0 Å². The molecule has 0 radical (unpaired) electrons. The minimum atomic E-state index is -4.29. The van der Waals surface area contributed by atoms with Crippen molar-refractivity contribution in [1.29, 1.82) is 0 Å². The van der Waals surface area contributed by atoms with Gasteiger partial charge in [-0.15, -0.1) is 0 Å². The summed E-state index contributed by atoms with van der Waals surface area (Å²) in [6, 6.07) is 13.3. The molecule has 0 aromatic heterocycles. The summed E-state index contributed by atoms with van der Waals surface area (Å²) in [6.45, 7) is 10.0. The van der Waals surface area contributed by atoms with E-state index in [0.29, 0.717) is 11.8 Å². The fraction of sp³-hybridized carbons (Fsp3) is 0.517. The zero-order chi connectivity index (χ0) is 26.9. The summed E-state index contributed by atoms with van der Waals surface area (Å²) >= 11 is 0. The largest absolute Gasteiger partial charge is 0.460 e. The molecule has 7 nitrogen and oxygen atoms in total. The Labute approximate surface area is 220 Å². The summed E-state index contributed by atoms with van der Waals surface area (Å²) in [5.74, 6) is 0.299. The van der Waals surface area contributed by atoms with Crippen molar-refractivity contribution in [1.82, 2.24) is 9.21 Å². The van der Waals surface area contributed by atoms with Crippen LogP contribution in [0.15, 0.2) is 59.5 Å². The Balaban J connectivity index is 1.68. The predicted octanol–water partition coefficient (Wildman–Crippen LogP) is 5.56. The smallest absolute Gasteiger partial charge is 0.335 e. The van der Waals surface area contributed by atoms with Crippen LogP contribution in [0, 0.1) is 24.7 Å². The van der Waals surface area contributed by atoms with E-state index in [-0.39, 0.29) is 23.5 Å². The number of aryl methyl sites for hydroxylation is 1. The van der Waals surface area contributed by atoms with E-state index in [9.17, 15) is 18.0 Å². The molecular weight excluding hydrogens is 488 g/mol. The van der Waals surface area contributed by atoms with E-state index in [4.69, 9.17) is 4.74 Å². The quantitative estimate of drug-likeness (QED) is 0.442. The average molecular weight is 527 g/mol. The van der Waals surface area contributed by atoms with Gasteiger partial charge in [0.25, 0.3) is 10.0 Å². The number of urea groups is 1. The van der Waals surface area contributed by atoms with Crippen LogP contribution in [0.25, 0.3) is 0 Å². The number of ether oxygens (including phenoxy) is 1. The maximum absolute atomic E-state index is 13.8. The molecule has 2 aliphatic rings. The third kappa shape index (κ3) is 5.54. The van der Waals surface area contributed by atoms with Gasteiger partial charge in [-0.05, 0) is 62.1 Å². The van der Waals surface area contributed by atoms with Gasteiger partial charge < -0.3 is 9.64 Å². The zero-order valence-electron chi connectivity index (χ0n) is 22.3. The molecule has 0 spiro atoms.